The molecule has 0 aliphatic rings. The SMILES string of the molecule is CCCCC/C=C/C(O)C(COP(=O)(O)OCC[N+](C)(C)C)NC(=O)CCCCCCCCCCCCCCCCCCCCCCCCCCCCCCCCCCCCCCCCC. The van der Waals surface area contributed by atoms with Gasteiger partial charge in [0.05, 0.1) is 39.9 Å². The van der Waals surface area contributed by atoms with Crippen molar-refractivity contribution in [3.8, 4) is 0 Å². The van der Waals surface area contributed by atoms with Crippen molar-refractivity contribution in [2.24, 2.45) is 0 Å². The molecule has 0 spiro atoms. The number of nitrogens with zero attached hydrogens (tertiary/aromatic N) is 1. The Hall–Kier alpha value is -0.760. The van der Waals surface area contributed by atoms with Crippen molar-refractivity contribution in [1.82, 2.24) is 5.32 Å². The van der Waals surface area contributed by atoms with Crippen LogP contribution in [0.3, 0.4) is 0 Å². The van der Waals surface area contributed by atoms with Gasteiger partial charge in [-0.2, -0.15) is 0 Å². The Morgan fingerprint density at radius 1 is 0.500 bits per heavy atom. The maximum absolute atomic E-state index is 12.8. The lowest BCUT2D eigenvalue weighted by Crippen LogP contribution is -2.45. The second-order valence-corrected chi connectivity index (χ2v) is 22.8. The molecule has 0 aromatic rings. The number of quaternary nitrogens is 1. The molecule has 3 unspecified atom stereocenters. The minimum atomic E-state index is -4.32. The largest absolute Gasteiger partial charge is 0.472 e. The topological polar surface area (TPSA) is 105 Å². The zero-order valence-corrected chi connectivity index (χ0v) is 45.9. The second-order valence-electron chi connectivity index (χ2n) is 21.4. The summed E-state index contributed by atoms with van der Waals surface area (Å²) >= 11 is 0. The molecule has 0 saturated heterocycles. The molecule has 0 aromatic heterocycles. The predicted molar refractivity (Wildman–Crippen MR) is 286 cm³/mol. The van der Waals surface area contributed by atoms with Crippen molar-refractivity contribution in [1.29, 1.82) is 0 Å². The summed E-state index contributed by atoms with van der Waals surface area (Å²) in [6.07, 6.45) is 61.3. The van der Waals surface area contributed by atoms with Gasteiger partial charge in [-0.3, -0.25) is 13.8 Å². The number of rotatable bonds is 54. The van der Waals surface area contributed by atoms with Crippen molar-refractivity contribution >= 4 is 13.7 Å². The fourth-order valence-electron chi connectivity index (χ4n) is 8.93. The lowest BCUT2D eigenvalue weighted by atomic mass is 10.0. The van der Waals surface area contributed by atoms with Crippen LogP contribution in [0.1, 0.15) is 296 Å². The van der Waals surface area contributed by atoms with Crippen LogP contribution in [0.5, 0.6) is 0 Å². The Morgan fingerprint density at radius 3 is 1.12 bits per heavy atom. The molecule has 0 heterocycles. The first-order valence-corrected chi connectivity index (χ1v) is 30.6. The van der Waals surface area contributed by atoms with Crippen LogP contribution in [-0.4, -0.2) is 73.4 Å². The van der Waals surface area contributed by atoms with Gasteiger partial charge in [0.25, 0.3) is 0 Å². The Labute approximate surface area is 412 Å². The summed E-state index contributed by atoms with van der Waals surface area (Å²) in [7, 11) is 1.58. The number of aliphatic hydroxyl groups excluding tert-OH is 1. The molecular weight excluding hydrogens is 840 g/mol. The molecule has 0 rings (SSSR count). The van der Waals surface area contributed by atoms with Gasteiger partial charge in [-0.25, -0.2) is 4.57 Å². The lowest BCUT2D eigenvalue weighted by Gasteiger charge is -2.25. The third-order valence-electron chi connectivity index (χ3n) is 13.5. The quantitative estimate of drug-likeness (QED) is 0.0243. The van der Waals surface area contributed by atoms with Gasteiger partial charge in [0, 0.05) is 6.42 Å². The lowest BCUT2D eigenvalue weighted by molar-refractivity contribution is -0.870. The average molecular weight is 957 g/mol. The number of carbonyl (C=O) groups excluding carboxylic acids is 1. The van der Waals surface area contributed by atoms with Crippen LogP contribution < -0.4 is 5.32 Å². The van der Waals surface area contributed by atoms with Crippen LogP contribution in [0.25, 0.3) is 0 Å². The third-order valence-corrected chi connectivity index (χ3v) is 14.5. The van der Waals surface area contributed by atoms with Crippen molar-refractivity contribution in [3.05, 3.63) is 12.2 Å². The van der Waals surface area contributed by atoms with Gasteiger partial charge in [-0.05, 0) is 19.3 Å². The number of hydrogen-bond acceptors (Lipinski definition) is 5. The van der Waals surface area contributed by atoms with E-state index < -0.39 is 20.0 Å². The monoisotopic (exact) mass is 956 g/mol. The first kappa shape index (κ1) is 65.2. The van der Waals surface area contributed by atoms with Crippen molar-refractivity contribution in [3.63, 3.8) is 0 Å². The highest BCUT2D eigenvalue weighted by Gasteiger charge is 2.27. The molecule has 3 atom stereocenters. The number of unbranched alkanes of at least 4 members (excludes halogenated alkanes) is 41. The van der Waals surface area contributed by atoms with E-state index >= 15 is 0 Å². The van der Waals surface area contributed by atoms with Gasteiger partial charge in [-0.15, -0.1) is 0 Å². The number of amides is 1. The van der Waals surface area contributed by atoms with E-state index in [4.69, 9.17) is 9.05 Å². The van der Waals surface area contributed by atoms with Gasteiger partial charge in [0.15, 0.2) is 0 Å². The van der Waals surface area contributed by atoms with Crippen molar-refractivity contribution in [2.45, 2.75) is 309 Å². The summed E-state index contributed by atoms with van der Waals surface area (Å²) < 4.78 is 23.4. The summed E-state index contributed by atoms with van der Waals surface area (Å²) in [5, 5.41) is 13.7. The van der Waals surface area contributed by atoms with Crippen LogP contribution in [0.2, 0.25) is 0 Å². The fourth-order valence-corrected chi connectivity index (χ4v) is 9.66. The smallest absolute Gasteiger partial charge is 0.387 e. The van der Waals surface area contributed by atoms with Crippen LogP contribution in [0, 0.1) is 0 Å². The van der Waals surface area contributed by atoms with E-state index in [1.54, 1.807) is 6.08 Å². The molecule has 394 valence electrons. The molecule has 0 radical (unpaired) electrons. The highest BCUT2D eigenvalue weighted by Crippen LogP contribution is 2.43. The zero-order valence-electron chi connectivity index (χ0n) is 45.0. The number of likely N-dealkylation sites (N-methyl/N-ethyl adjacent to an activating group) is 1. The number of allylic oxidation sites excluding steroid dienone is 1. The molecule has 9 heteroatoms. The summed E-state index contributed by atoms with van der Waals surface area (Å²) in [4.78, 5) is 23.0. The molecule has 8 nitrogen and oxygen atoms in total. The van der Waals surface area contributed by atoms with E-state index in [1.807, 2.05) is 27.2 Å². The maximum Gasteiger partial charge on any atom is 0.472 e. The van der Waals surface area contributed by atoms with Crippen LogP contribution in [0.4, 0.5) is 0 Å². The first-order valence-electron chi connectivity index (χ1n) is 29.1. The van der Waals surface area contributed by atoms with E-state index in [9.17, 15) is 19.4 Å². The Kier molecular flexibility index (Phi) is 48.7. The minimum absolute atomic E-state index is 0.0635. The van der Waals surface area contributed by atoms with Crippen molar-refractivity contribution in [2.75, 3.05) is 40.9 Å². The van der Waals surface area contributed by atoms with Gasteiger partial charge in [0.1, 0.15) is 13.2 Å². The highest BCUT2D eigenvalue weighted by molar-refractivity contribution is 7.47. The summed E-state index contributed by atoms with van der Waals surface area (Å²) in [5.41, 5.74) is 0. The minimum Gasteiger partial charge on any atom is -0.387 e. The summed E-state index contributed by atoms with van der Waals surface area (Å²) in [5.74, 6) is -0.178. The normalized spacial score (nSPS) is 14.0. The number of phosphoric ester groups is 1. The van der Waals surface area contributed by atoms with E-state index in [1.165, 1.54) is 231 Å². The molecular formula is C57H116N2O6P+. The van der Waals surface area contributed by atoms with Gasteiger partial charge < -0.3 is 19.8 Å². The van der Waals surface area contributed by atoms with E-state index in [2.05, 4.69) is 19.2 Å². The average Bonchev–Trinajstić information content (AvgIpc) is 3.27. The molecule has 0 aliphatic carbocycles. The number of hydrogen-bond donors (Lipinski definition) is 3. The Morgan fingerprint density at radius 2 is 0.803 bits per heavy atom. The van der Waals surface area contributed by atoms with Gasteiger partial charge >= 0.3 is 7.82 Å². The molecule has 0 fully saturated rings. The molecule has 0 aromatic carbocycles. The number of phosphoric acid groups is 1. The zero-order chi connectivity index (χ0) is 48.5. The van der Waals surface area contributed by atoms with Gasteiger partial charge in [0.2, 0.25) is 5.91 Å². The Bertz CT molecular complexity index is 1080. The molecule has 0 saturated carbocycles. The number of nitrogens with one attached hydrogen (secondary N) is 1. The fraction of sp³-hybridized carbons (Fsp3) is 0.947. The summed E-state index contributed by atoms with van der Waals surface area (Å²) in [6.45, 7) is 4.73. The second kappa shape index (κ2) is 49.2. The molecule has 3 N–H and O–H groups in total. The van der Waals surface area contributed by atoms with Crippen LogP contribution in [-0.2, 0) is 18.4 Å². The predicted octanol–water partition coefficient (Wildman–Crippen LogP) is 17.4. The highest BCUT2D eigenvalue weighted by atomic mass is 31.2. The maximum atomic E-state index is 12.8. The summed E-state index contributed by atoms with van der Waals surface area (Å²) in [6, 6.07) is -0.838. The van der Waals surface area contributed by atoms with Gasteiger partial charge in [-0.1, -0.05) is 283 Å². The first-order chi connectivity index (χ1) is 32.0. The molecule has 0 aliphatic heterocycles. The van der Waals surface area contributed by atoms with Crippen LogP contribution in [0.15, 0.2) is 12.2 Å². The molecule has 1 amide bonds. The number of carbonyl (C=O) groups is 1. The number of aliphatic hydroxyl groups is 1. The van der Waals surface area contributed by atoms with E-state index in [0.717, 1.165) is 44.9 Å². The van der Waals surface area contributed by atoms with E-state index in [0.29, 0.717) is 17.4 Å². The Balaban J connectivity index is 3.62. The van der Waals surface area contributed by atoms with Crippen LogP contribution >= 0.6 is 7.82 Å². The van der Waals surface area contributed by atoms with E-state index in [-0.39, 0.29) is 19.1 Å². The standard InChI is InChI=1S/C57H115N2O6P/c1-6-8-10-12-13-14-15-16-17-18-19-20-21-22-23-24-25-26-27-28-29-30-31-32-33-34-35-36-37-38-39-40-41-42-43-44-45-47-49-51-57(61)58-55(56(60)50-48-46-11-9-7-2)54-65-66(62,63)64-53-52-59(3,4)5/h48,50,55-56,60H,6-47,49,51-54H2,1-5H3,(H-,58,61,62,63)/p+1/b50-48+. The van der Waals surface area contributed by atoms with Crippen molar-refractivity contribution < 1.29 is 32.9 Å². The third kappa shape index (κ3) is 51.1. The molecule has 0 bridgehead atoms. The molecule has 66 heavy (non-hydrogen) atoms.